The fraction of sp³-hybridized carbons (Fsp3) is 0.500. The summed E-state index contributed by atoms with van der Waals surface area (Å²) in [6.45, 7) is 1.45. The Morgan fingerprint density at radius 3 is 2.82 bits per heavy atom. The number of fused-ring (bicyclic) bond motifs is 2. The minimum Gasteiger partial charge on any atom is -0.468 e. The largest absolute Gasteiger partial charge is 0.468 e. The number of aliphatic imine (C=N–C) groups is 1. The summed E-state index contributed by atoms with van der Waals surface area (Å²) in [6, 6.07) is 7.10. The number of halogens is 1. The zero-order valence-corrected chi connectivity index (χ0v) is 13.0. The predicted molar refractivity (Wildman–Crippen MR) is 82.0 cm³/mol. The molecule has 0 saturated heterocycles. The van der Waals surface area contributed by atoms with Crippen LogP contribution in [-0.4, -0.2) is 40.2 Å². The molecule has 2 bridgehead atoms. The first kappa shape index (κ1) is 15.5. The van der Waals surface area contributed by atoms with Crippen molar-refractivity contribution in [2.24, 2.45) is 4.99 Å². The maximum absolute atomic E-state index is 12.8. The number of ether oxygens (including phenoxy) is 1. The Labute approximate surface area is 133 Å². The molecule has 0 spiro atoms. The molecule has 0 amide bonds. The van der Waals surface area contributed by atoms with Gasteiger partial charge in [-0.15, -0.1) is 0 Å². The van der Waals surface area contributed by atoms with Gasteiger partial charge in [0.2, 0.25) is 11.7 Å². The Morgan fingerprint density at radius 1 is 1.41 bits per heavy atom. The van der Waals surface area contributed by atoms with Crippen LogP contribution in [0.3, 0.4) is 0 Å². The molecule has 1 heterocycles. The van der Waals surface area contributed by atoms with Crippen LogP contribution in [0.2, 0.25) is 5.02 Å². The third-order valence-corrected chi connectivity index (χ3v) is 4.63. The zero-order chi connectivity index (χ0) is 15.9. The molecule has 3 rings (SSSR count). The number of carbonyl (C=O) groups is 1. The Hall–Kier alpha value is -1.43. The van der Waals surface area contributed by atoms with Gasteiger partial charge in [-0.25, -0.2) is 4.99 Å². The third-order valence-electron chi connectivity index (χ3n) is 4.30. The molecule has 0 radical (unpaired) electrons. The molecule has 2 aliphatic rings. The summed E-state index contributed by atoms with van der Waals surface area (Å²) in [5, 5.41) is 20.1. The van der Waals surface area contributed by atoms with Crippen molar-refractivity contribution in [3.05, 3.63) is 34.9 Å². The lowest BCUT2D eigenvalue weighted by atomic mass is 9.73. The van der Waals surface area contributed by atoms with Crippen molar-refractivity contribution in [2.75, 3.05) is 0 Å². The van der Waals surface area contributed by atoms with Crippen LogP contribution in [0.15, 0.2) is 29.3 Å². The normalized spacial score (nSPS) is 30.3. The van der Waals surface area contributed by atoms with E-state index in [4.69, 9.17) is 16.3 Å². The van der Waals surface area contributed by atoms with E-state index in [0.29, 0.717) is 23.4 Å². The van der Waals surface area contributed by atoms with E-state index in [2.05, 4.69) is 4.99 Å². The molecule has 1 fully saturated rings. The van der Waals surface area contributed by atoms with Crippen molar-refractivity contribution in [2.45, 2.75) is 50.0 Å². The molecule has 1 aromatic carbocycles. The van der Waals surface area contributed by atoms with Crippen molar-refractivity contribution in [1.82, 2.24) is 0 Å². The van der Waals surface area contributed by atoms with E-state index in [1.165, 1.54) is 6.92 Å². The summed E-state index contributed by atoms with van der Waals surface area (Å²) in [5.41, 5.74) is -0.491. The number of benzene rings is 1. The first-order chi connectivity index (χ1) is 10.5. The quantitative estimate of drug-likeness (QED) is 0.889. The molecule has 5 nitrogen and oxygen atoms in total. The summed E-state index contributed by atoms with van der Waals surface area (Å²) in [5.74, 6) is -0.118. The van der Waals surface area contributed by atoms with E-state index in [1.54, 1.807) is 18.2 Å². The van der Waals surface area contributed by atoms with Crippen LogP contribution < -0.4 is 0 Å². The molecule has 22 heavy (non-hydrogen) atoms. The first-order valence-electron chi connectivity index (χ1n) is 7.37. The molecule has 1 aliphatic heterocycles. The van der Waals surface area contributed by atoms with E-state index < -0.39 is 23.9 Å². The van der Waals surface area contributed by atoms with Crippen LogP contribution in [0, 0.1) is 0 Å². The molecule has 2 N–H and O–H groups in total. The first-order valence-corrected chi connectivity index (χ1v) is 7.75. The second-order valence-corrected chi connectivity index (χ2v) is 6.25. The summed E-state index contributed by atoms with van der Waals surface area (Å²) in [6.07, 6.45) is -1.05. The lowest BCUT2D eigenvalue weighted by Gasteiger charge is -2.42. The van der Waals surface area contributed by atoms with Crippen LogP contribution in [0.4, 0.5) is 0 Å². The summed E-state index contributed by atoms with van der Waals surface area (Å²) in [7, 11) is 0. The molecular weight excluding hydrogens is 306 g/mol. The number of hydrogen-bond donors (Lipinski definition) is 2. The van der Waals surface area contributed by atoms with Crippen molar-refractivity contribution in [3.63, 3.8) is 0 Å². The molecule has 118 valence electrons. The molecule has 1 aliphatic carbocycles. The Balaban J connectivity index is 2.15. The highest BCUT2D eigenvalue weighted by molar-refractivity contribution is 6.32. The van der Waals surface area contributed by atoms with Crippen LogP contribution in [0.5, 0.6) is 0 Å². The molecule has 1 aromatic rings. The van der Waals surface area contributed by atoms with Gasteiger partial charge in [-0.3, -0.25) is 4.79 Å². The van der Waals surface area contributed by atoms with Crippen LogP contribution >= 0.6 is 11.6 Å². The van der Waals surface area contributed by atoms with Crippen molar-refractivity contribution in [3.8, 4) is 0 Å². The van der Waals surface area contributed by atoms with Gasteiger partial charge in [0.05, 0.1) is 6.10 Å². The van der Waals surface area contributed by atoms with Crippen LogP contribution in [0.25, 0.3) is 0 Å². The van der Waals surface area contributed by atoms with Gasteiger partial charge in [0, 0.05) is 10.6 Å². The van der Waals surface area contributed by atoms with Gasteiger partial charge in [0.25, 0.3) is 0 Å². The number of nitrogens with zero attached hydrogens (tertiary/aromatic N) is 1. The standard InChI is InChI=1S/C16H18ClNO4/c1-9(19)13(20)15-18-16(10-5-2-3-6-11(10)17)8-4-7-12(22-15)14(16)21/h2-3,5-6,9,12-13,19-20H,4,7-8H2,1H3/t9?,12-,13?,16-/m1/s1. The number of rotatable bonds is 3. The maximum atomic E-state index is 12.8. The minimum atomic E-state index is -1.25. The van der Waals surface area contributed by atoms with Gasteiger partial charge in [0.15, 0.2) is 17.7 Å². The number of hydrogen-bond acceptors (Lipinski definition) is 5. The van der Waals surface area contributed by atoms with Crippen molar-refractivity contribution in [1.29, 1.82) is 0 Å². The zero-order valence-electron chi connectivity index (χ0n) is 12.2. The molecule has 2 unspecified atom stereocenters. The number of aliphatic hydroxyl groups excluding tert-OH is 2. The topological polar surface area (TPSA) is 79.1 Å². The van der Waals surface area contributed by atoms with Gasteiger partial charge < -0.3 is 14.9 Å². The second kappa shape index (κ2) is 5.65. The highest BCUT2D eigenvalue weighted by Crippen LogP contribution is 2.44. The van der Waals surface area contributed by atoms with Gasteiger partial charge >= 0.3 is 0 Å². The van der Waals surface area contributed by atoms with Crippen molar-refractivity contribution < 1.29 is 19.7 Å². The average Bonchev–Trinajstić information content (AvgIpc) is 2.47. The van der Waals surface area contributed by atoms with E-state index in [9.17, 15) is 15.0 Å². The summed E-state index contributed by atoms with van der Waals surface area (Å²) >= 11 is 6.28. The molecule has 6 heteroatoms. The van der Waals surface area contributed by atoms with E-state index in [1.807, 2.05) is 6.07 Å². The average molecular weight is 324 g/mol. The smallest absolute Gasteiger partial charge is 0.217 e. The molecule has 0 aromatic heterocycles. The fourth-order valence-corrected chi connectivity index (χ4v) is 3.41. The Kier molecular flexibility index (Phi) is 3.97. The monoisotopic (exact) mass is 323 g/mol. The number of Topliss-reactive ketones (excluding diaryl/α,β-unsaturated/α-hetero) is 1. The summed E-state index contributed by atoms with van der Waals surface area (Å²) < 4.78 is 5.53. The van der Waals surface area contributed by atoms with E-state index >= 15 is 0 Å². The van der Waals surface area contributed by atoms with Gasteiger partial charge in [-0.1, -0.05) is 29.8 Å². The molecule has 4 atom stereocenters. The van der Waals surface area contributed by atoms with Crippen molar-refractivity contribution >= 4 is 23.3 Å². The molecule has 1 saturated carbocycles. The third kappa shape index (κ3) is 2.33. The molecular formula is C16H18ClNO4. The summed E-state index contributed by atoms with van der Waals surface area (Å²) in [4.78, 5) is 17.2. The number of ketones is 1. The number of carbonyl (C=O) groups excluding carboxylic acids is 1. The minimum absolute atomic E-state index is 0.0132. The van der Waals surface area contributed by atoms with Crippen LogP contribution in [-0.2, 0) is 15.1 Å². The maximum Gasteiger partial charge on any atom is 0.217 e. The van der Waals surface area contributed by atoms with E-state index in [-0.39, 0.29) is 11.7 Å². The SMILES string of the molecule is CC(O)C(O)C1=N[C@@]2(c3ccccc3Cl)CCC[C@@H](O1)C2=O. The highest BCUT2D eigenvalue weighted by Gasteiger charge is 2.52. The predicted octanol–water partition coefficient (Wildman–Crippen LogP) is 1.83. The lowest BCUT2D eigenvalue weighted by Crippen LogP contribution is -2.54. The van der Waals surface area contributed by atoms with Crippen LogP contribution in [0.1, 0.15) is 31.7 Å². The number of aliphatic hydroxyl groups is 2. The Bertz CT molecular complexity index is 630. The highest BCUT2D eigenvalue weighted by atomic mass is 35.5. The fourth-order valence-electron chi connectivity index (χ4n) is 3.11. The van der Waals surface area contributed by atoms with Gasteiger partial charge in [0.1, 0.15) is 0 Å². The second-order valence-electron chi connectivity index (χ2n) is 5.84. The Morgan fingerprint density at radius 2 is 2.14 bits per heavy atom. The van der Waals surface area contributed by atoms with Gasteiger partial charge in [-0.05, 0) is 32.3 Å². The van der Waals surface area contributed by atoms with Gasteiger partial charge in [-0.2, -0.15) is 0 Å². The van der Waals surface area contributed by atoms with E-state index in [0.717, 1.165) is 6.42 Å². The lowest BCUT2D eigenvalue weighted by molar-refractivity contribution is -0.138.